The zero-order valence-electron chi connectivity index (χ0n) is 19.0. The van der Waals surface area contributed by atoms with Crippen molar-refractivity contribution in [1.29, 1.82) is 5.26 Å². The largest absolute Gasteiger partial charge is 0.472 e. The Morgan fingerprint density at radius 1 is 0.778 bits per heavy atom. The number of allylic oxidation sites excluding steroid dienone is 1. The van der Waals surface area contributed by atoms with E-state index in [1.54, 1.807) is 91.0 Å². The first-order valence-corrected chi connectivity index (χ1v) is 11.1. The molecule has 3 aromatic carbocycles. The second-order valence-corrected chi connectivity index (χ2v) is 7.74. The lowest BCUT2D eigenvalue weighted by Gasteiger charge is -2.27. The normalized spacial score (nSPS) is 17.0. The van der Waals surface area contributed by atoms with Crippen LogP contribution < -0.4 is 0 Å². The van der Waals surface area contributed by atoms with E-state index in [0.717, 1.165) is 0 Å². The van der Waals surface area contributed by atoms with Gasteiger partial charge in [0.2, 0.25) is 0 Å². The smallest absolute Gasteiger partial charge is 0.338 e. The van der Waals surface area contributed by atoms with Crippen molar-refractivity contribution in [2.75, 3.05) is 6.61 Å². The molecular formula is C28H21NO7. The van der Waals surface area contributed by atoms with E-state index in [-0.39, 0.29) is 11.3 Å². The maximum Gasteiger partial charge on any atom is 0.338 e. The second kappa shape index (κ2) is 11.5. The summed E-state index contributed by atoms with van der Waals surface area (Å²) in [5.41, 5.74) is 0.866. The van der Waals surface area contributed by atoms with Crippen LogP contribution in [-0.2, 0) is 18.9 Å². The Kier molecular flexibility index (Phi) is 7.73. The average molecular weight is 483 g/mol. The van der Waals surface area contributed by atoms with Crippen LogP contribution in [0, 0.1) is 11.3 Å². The molecule has 180 valence electrons. The number of nitriles is 1. The maximum atomic E-state index is 12.8. The zero-order valence-corrected chi connectivity index (χ0v) is 19.0. The van der Waals surface area contributed by atoms with Crippen molar-refractivity contribution in [3.8, 4) is 6.07 Å². The first-order chi connectivity index (χ1) is 17.5. The Morgan fingerprint density at radius 3 is 1.81 bits per heavy atom. The molecule has 4 rings (SSSR count). The second-order valence-electron chi connectivity index (χ2n) is 7.74. The lowest BCUT2D eigenvalue weighted by molar-refractivity contribution is -0.0780. The molecule has 0 aromatic heterocycles. The van der Waals surface area contributed by atoms with Gasteiger partial charge in [0.25, 0.3) is 0 Å². The molecule has 0 N–H and O–H groups in total. The van der Waals surface area contributed by atoms with Gasteiger partial charge < -0.3 is 18.9 Å². The third-order valence-electron chi connectivity index (χ3n) is 5.29. The lowest BCUT2D eigenvalue weighted by Crippen LogP contribution is -2.43. The van der Waals surface area contributed by atoms with E-state index in [2.05, 4.69) is 0 Å². The molecule has 0 saturated heterocycles. The Bertz CT molecular complexity index is 1280. The van der Waals surface area contributed by atoms with Crippen molar-refractivity contribution >= 4 is 17.9 Å². The zero-order chi connectivity index (χ0) is 25.3. The van der Waals surface area contributed by atoms with Crippen molar-refractivity contribution in [3.63, 3.8) is 0 Å². The molecule has 3 atom stereocenters. The highest BCUT2D eigenvalue weighted by atomic mass is 16.6. The summed E-state index contributed by atoms with van der Waals surface area (Å²) in [6, 6.07) is 26.7. The van der Waals surface area contributed by atoms with Crippen molar-refractivity contribution in [1.82, 2.24) is 0 Å². The average Bonchev–Trinajstić information content (AvgIpc) is 3.34. The van der Waals surface area contributed by atoms with E-state index in [4.69, 9.17) is 18.9 Å². The fourth-order valence-corrected chi connectivity index (χ4v) is 3.51. The van der Waals surface area contributed by atoms with Gasteiger partial charge in [0, 0.05) is 6.08 Å². The van der Waals surface area contributed by atoms with Crippen LogP contribution in [0.15, 0.2) is 103 Å². The number of hydrogen-bond acceptors (Lipinski definition) is 8. The molecule has 8 heteroatoms. The minimum Gasteiger partial charge on any atom is -0.472 e. The van der Waals surface area contributed by atoms with Gasteiger partial charge in [0.15, 0.2) is 24.1 Å². The molecule has 0 spiro atoms. The topological polar surface area (TPSA) is 112 Å². The SMILES string of the molecule is N#CC1=C[C@@H](OC(=O)c2ccccc2)[C@H]([C@@H](COC(=O)c2ccccc2)OC(=O)c2ccccc2)O1. The first-order valence-electron chi connectivity index (χ1n) is 11.1. The molecule has 3 aromatic rings. The Hall–Kier alpha value is -4.90. The van der Waals surface area contributed by atoms with E-state index in [9.17, 15) is 19.6 Å². The number of rotatable bonds is 8. The number of ether oxygens (including phenoxy) is 4. The van der Waals surface area contributed by atoms with Gasteiger partial charge in [-0.1, -0.05) is 54.6 Å². The molecule has 1 aliphatic heterocycles. The molecule has 36 heavy (non-hydrogen) atoms. The summed E-state index contributed by atoms with van der Waals surface area (Å²) in [5.74, 6) is -2.10. The third kappa shape index (κ3) is 5.96. The van der Waals surface area contributed by atoms with E-state index in [1.165, 1.54) is 6.08 Å². The highest BCUT2D eigenvalue weighted by Gasteiger charge is 2.42. The predicted molar refractivity (Wildman–Crippen MR) is 127 cm³/mol. The summed E-state index contributed by atoms with van der Waals surface area (Å²) in [6.45, 7) is -0.400. The van der Waals surface area contributed by atoms with Gasteiger partial charge in [-0.2, -0.15) is 5.26 Å². The fourth-order valence-electron chi connectivity index (χ4n) is 3.51. The van der Waals surface area contributed by atoms with Gasteiger partial charge in [-0.15, -0.1) is 0 Å². The summed E-state index contributed by atoms with van der Waals surface area (Å²) in [5, 5.41) is 9.38. The van der Waals surface area contributed by atoms with E-state index in [1.807, 2.05) is 6.07 Å². The summed E-state index contributed by atoms with van der Waals surface area (Å²) in [4.78, 5) is 38.0. The highest BCUT2D eigenvalue weighted by molar-refractivity contribution is 5.90. The minimum atomic E-state index is -1.19. The Balaban J connectivity index is 1.55. The van der Waals surface area contributed by atoms with Crippen LogP contribution >= 0.6 is 0 Å². The maximum absolute atomic E-state index is 12.8. The van der Waals surface area contributed by atoms with Gasteiger partial charge in [-0.3, -0.25) is 0 Å². The molecule has 0 aliphatic carbocycles. The third-order valence-corrected chi connectivity index (χ3v) is 5.29. The molecule has 0 unspecified atom stereocenters. The van der Waals surface area contributed by atoms with Crippen molar-refractivity contribution in [3.05, 3.63) is 120 Å². The molecule has 0 radical (unpaired) electrons. The van der Waals surface area contributed by atoms with Crippen LogP contribution in [0.3, 0.4) is 0 Å². The number of nitrogens with zero attached hydrogens (tertiary/aromatic N) is 1. The van der Waals surface area contributed by atoms with Gasteiger partial charge in [0.05, 0.1) is 16.7 Å². The van der Waals surface area contributed by atoms with Crippen LogP contribution in [0.5, 0.6) is 0 Å². The number of benzene rings is 3. The van der Waals surface area contributed by atoms with Crippen LogP contribution in [-0.4, -0.2) is 42.8 Å². The molecule has 0 fully saturated rings. The van der Waals surface area contributed by atoms with Gasteiger partial charge in [-0.25, -0.2) is 14.4 Å². The van der Waals surface area contributed by atoms with Crippen LogP contribution in [0.2, 0.25) is 0 Å². The molecule has 0 saturated carbocycles. The van der Waals surface area contributed by atoms with E-state index < -0.39 is 42.8 Å². The quantitative estimate of drug-likeness (QED) is 0.348. The Morgan fingerprint density at radius 2 is 1.28 bits per heavy atom. The van der Waals surface area contributed by atoms with E-state index in [0.29, 0.717) is 11.1 Å². The summed E-state index contributed by atoms with van der Waals surface area (Å²) >= 11 is 0. The minimum absolute atomic E-state index is 0.110. The monoisotopic (exact) mass is 483 g/mol. The first kappa shape index (κ1) is 24.2. The van der Waals surface area contributed by atoms with Crippen LogP contribution in [0.25, 0.3) is 0 Å². The van der Waals surface area contributed by atoms with Crippen molar-refractivity contribution in [2.45, 2.75) is 18.3 Å². The molecule has 0 bridgehead atoms. The fraction of sp³-hybridized carbons (Fsp3) is 0.143. The van der Waals surface area contributed by atoms with Crippen LogP contribution in [0.4, 0.5) is 0 Å². The number of carbonyl (C=O) groups is 3. The van der Waals surface area contributed by atoms with E-state index >= 15 is 0 Å². The standard InChI is InChI=1S/C28H21NO7/c29-17-22-16-23(35-27(31)20-12-6-2-7-13-20)25(34-22)24(36-28(32)21-14-8-3-9-15-21)18-33-26(30)19-10-4-1-5-11-19/h1-16,23-25H,18H2/t23-,24-,25-/m1/s1. The number of hydrogen-bond donors (Lipinski definition) is 0. The predicted octanol–water partition coefficient (Wildman–Crippen LogP) is 4.10. The summed E-state index contributed by atoms with van der Waals surface area (Å²) < 4.78 is 22.3. The number of carbonyl (C=O) groups excluding carboxylic acids is 3. The van der Waals surface area contributed by atoms with Gasteiger partial charge in [-0.05, 0) is 36.4 Å². The van der Waals surface area contributed by atoms with Gasteiger partial charge in [0.1, 0.15) is 12.7 Å². The highest BCUT2D eigenvalue weighted by Crippen LogP contribution is 2.26. The van der Waals surface area contributed by atoms with Gasteiger partial charge >= 0.3 is 17.9 Å². The van der Waals surface area contributed by atoms with Crippen molar-refractivity contribution < 1.29 is 33.3 Å². The molecular weight excluding hydrogens is 462 g/mol. The molecule has 1 heterocycles. The Labute approximate surface area is 207 Å². The van der Waals surface area contributed by atoms with Crippen LogP contribution in [0.1, 0.15) is 31.1 Å². The summed E-state index contributed by atoms with van der Waals surface area (Å²) in [6.07, 6.45) is -2.06. The molecule has 8 nitrogen and oxygen atoms in total. The number of esters is 3. The lowest BCUT2D eigenvalue weighted by atomic mass is 10.1. The molecule has 1 aliphatic rings. The molecule has 0 amide bonds. The van der Waals surface area contributed by atoms with Crippen molar-refractivity contribution in [2.24, 2.45) is 0 Å². The summed E-state index contributed by atoms with van der Waals surface area (Å²) in [7, 11) is 0.